The molecule has 0 amide bonds. The molecule has 0 fully saturated rings. The molecule has 0 heterocycles. The highest BCUT2D eigenvalue weighted by atomic mass is 16.4. The van der Waals surface area contributed by atoms with Crippen molar-refractivity contribution in [2.24, 2.45) is 0 Å². The van der Waals surface area contributed by atoms with E-state index in [0.717, 1.165) is 11.1 Å². The number of aliphatic hydroxyl groups is 6. The first-order chi connectivity index (χ1) is 13.2. The monoisotopic (exact) mass is 386 g/mol. The van der Waals surface area contributed by atoms with Gasteiger partial charge in [-0.15, -0.1) is 0 Å². The second-order valence-corrected chi connectivity index (χ2v) is 6.78. The zero-order valence-corrected chi connectivity index (χ0v) is 15.8. The van der Waals surface area contributed by atoms with Crippen LogP contribution in [0.15, 0.2) is 60.0 Å². The largest absolute Gasteiger partial charge is 0.509 e. The maximum absolute atomic E-state index is 10.1. The lowest BCUT2D eigenvalue weighted by atomic mass is 9.98. The standard InChI is InChI=1S/C22H26O6/c1-13-7-9-15(10-8-13)11-17(23)19(25)21(27)22(28)20(26)18(24)12-16-6-4-3-5-14(16)2/h3-12,19-28H,1-2H3/t19-,20+,21+,22+/m0/s1. The van der Waals surface area contributed by atoms with E-state index in [2.05, 4.69) is 0 Å². The molecule has 2 aromatic rings. The van der Waals surface area contributed by atoms with E-state index >= 15 is 0 Å². The Hall–Kier alpha value is -2.64. The maximum atomic E-state index is 10.1. The lowest BCUT2D eigenvalue weighted by Gasteiger charge is -2.26. The van der Waals surface area contributed by atoms with E-state index in [0.29, 0.717) is 11.1 Å². The number of aliphatic hydroxyl groups excluding tert-OH is 6. The fourth-order valence-corrected chi connectivity index (χ4v) is 2.64. The van der Waals surface area contributed by atoms with Crippen LogP contribution in [0.1, 0.15) is 22.3 Å². The Morgan fingerprint density at radius 2 is 1.21 bits per heavy atom. The summed E-state index contributed by atoms with van der Waals surface area (Å²) in [7, 11) is 0. The normalized spacial score (nSPS) is 17.1. The average molecular weight is 386 g/mol. The molecule has 6 heteroatoms. The smallest absolute Gasteiger partial charge is 0.139 e. The third-order valence-corrected chi connectivity index (χ3v) is 4.49. The Morgan fingerprint density at radius 3 is 1.75 bits per heavy atom. The van der Waals surface area contributed by atoms with E-state index in [1.165, 1.54) is 12.2 Å². The van der Waals surface area contributed by atoms with E-state index in [4.69, 9.17) is 0 Å². The molecule has 0 radical (unpaired) electrons. The zero-order chi connectivity index (χ0) is 20.8. The second-order valence-electron chi connectivity index (χ2n) is 6.78. The van der Waals surface area contributed by atoms with Crippen molar-refractivity contribution in [2.45, 2.75) is 38.3 Å². The van der Waals surface area contributed by atoms with Gasteiger partial charge in [0.2, 0.25) is 0 Å². The number of rotatable bonds is 7. The molecule has 0 aliphatic carbocycles. The Morgan fingerprint density at radius 1 is 0.714 bits per heavy atom. The quantitative estimate of drug-likeness (QED) is 0.406. The molecule has 28 heavy (non-hydrogen) atoms. The van der Waals surface area contributed by atoms with E-state index < -0.39 is 35.9 Å². The molecule has 0 aromatic heterocycles. The van der Waals surface area contributed by atoms with Gasteiger partial charge in [-0.3, -0.25) is 0 Å². The Labute approximate surface area is 164 Å². The van der Waals surface area contributed by atoms with Crippen LogP contribution in [0.3, 0.4) is 0 Å². The summed E-state index contributed by atoms with van der Waals surface area (Å²) in [5.41, 5.74) is 3.08. The molecular formula is C22H26O6. The summed E-state index contributed by atoms with van der Waals surface area (Å²) in [6, 6.07) is 14.2. The highest BCUT2D eigenvalue weighted by Gasteiger charge is 2.34. The first-order valence-corrected chi connectivity index (χ1v) is 8.86. The van der Waals surface area contributed by atoms with Crippen molar-refractivity contribution in [3.05, 3.63) is 82.3 Å². The summed E-state index contributed by atoms with van der Waals surface area (Å²) in [4.78, 5) is 0. The van der Waals surface area contributed by atoms with Crippen LogP contribution < -0.4 is 0 Å². The van der Waals surface area contributed by atoms with Gasteiger partial charge in [0, 0.05) is 0 Å². The molecule has 0 saturated heterocycles. The molecular weight excluding hydrogens is 360 g/mol. The van der Waals surface area contributed by atoms with Gasteiger partial charge in [-0.1, -0.05) is 54.1 Å². The van der Waals surface area contributed by atoms with E-state index in [1.54, 1.807) is 24.3 Å². The van der Waals surface area contributed by atoms with Crippen LogP contribution in [0.2, 0.25) is 0 Å². The third-order valence-electron chi connectivity index (χ3n) is 4.49. The van der Waals surface area contributed by atoms with Crippen LogP contribution in [0, 0.1) is 13.8 Å². The third kappa shape index (κ3) is 5.43. The highest BCUT2D eigenvalue weighted by Crippen LogP contribution is 2.19. The topological polar surface area (TPSA) is 121 Å². The van der Waals surface area contributed by atoms with Crippen LogP contribution in [0.5, 0.6) is 0 Å². The summed E-state index contributed by atoms with van der Waals surface area (Å²) in [5, 5.41) is 60.6. The summed E-state index contributed by atoms with van der Waals surface area (Å²) >= 11 is 0. The molecule has 4 atom stereocenters. The fourth-order valence-electron chi connectivity index (χ4n) is 2.64. The molecule has 6 nitrogen and oxygen atoms in total. The number of aryl methyl sites for hydroxylation is 2. The van der Waals surface area contributed by atoms with Crippen LogP contribution in [0.25, 0.3) is 12.2 Å². The first-order valence-electron chi connectivity index (χ1n) is 8.86. The van der Waals surface area contributed by atoms with Crippen LogP contribution >= 0.6 is 0 Å². The van der Waals surface area contributed by atoms with Crippen molar-refractivity contribution in [1.82, 2.24) is 0 Å². The van der Waals surface area contributed by atoms with Crippen molar-refractivity contribution in [2.75, 3.05) is 0 Å². The average Bonchev–Trinajstić information content (AvgIpc) is 2.69. The molecule has 0 aliphatic heterocycles. The zero-order valence-electron chi connectivity index (χ0n) is 15.8. The van der Waals surface area contributed by atoms with Crippen molar-refractivity contribution in [1.29, 1.82) is 0 Å². The minimum Gasteiger partial charge on any atom is -0.509 e. The van der Waals surface area contributed by atoms with Gasteiger partial charge in [-0.25, -0.2) is 0 Å². The number of hydrogen-bond donors (Lipinski definition) is 6. The van der Waals surface area contributed by atoms with Gasteiger partial charge in [0.1, 0.15) is 35.9 Å². The van der Waals surface area contributed by atoms with Gasteiger partial charge in [0.05, 0.1) is 0 Å². The maximum Gasteiger partial charge on any atom is 0.139 e. The Bertz CT molecular complexity index is 840. The van der Waals surface area contributed by atoms with Crippen molar-refractivity contribution < 1.29 is 30.6 Å². The van der Waals surface area contributed by atoms with Gasteiger partial charge in [0.15, 0.2) is 0 Å². The molecule has 0 unspecified atom stereocenters. The van der Waals surface area contributed by atoms with Gasteiger partial charge < -0.3 is 30.6 Å². The minimum absolute atomic E-state index is 0.574. The van der Waals surface area contributed by atoms with Gasteiger partial charge in [-0.05, 0) is 42.7 Å². The Balaban J connectivity index is 2.12. The molecule has 0 aliphatic rings. The number of hydrogen-bond acceptors (Lipinski definition) is 6. The lowest BCUT2D eigenvalue weighted by Crippen LogP contribution is -2.45. The molecule has 2 rings (SSSR count). The predicted molar refractivity (Wildman–Crippen MR) is 108 cm³/mol. The van der Waals surface area contributed by atoms with E-state index in [9.17, 15) is 30.6 Å². The summed E-state index contributed by atoms with van der Waals surface area (Å²) < 4.78 is 0. The molecule has 2 aromatic carbocycles. The fraction of sp³-hybridized carbons (Fsp3) is 0.273. The molecule has 0 spiro atoms. The summed E-state index contributed by atoms with van der Waals surface area (Å²) in [6.07, 6.45) is -5.04. The van der Waals surface area contributed by atoms with E-state index in [1.807, 2.05) is 38.1 Å². The van der Waals surface area contributed by atoms with Crippen LogP contribution in [0.4, 0.5) is 0 Å². The van der Waals surface area contributed by atoms with Crippen LogP contribution in [-0.2, 0) is 0 Å². The van der Waals surface area contributed by atoms with Crippen molar-refractivity contribution in [3.8, 4) is 0 Å². The SMILES string of the molecule is Cc1ccc(C=C(O)[C@H](O)[C@@H](O)[C@H](O)[C@H](O)C(O)=Cc2ccccc2C)cc1. The second kappa shape index (κ2) is 9.52. The summed E-state index contributed by atoms with van der Waals surface area (Å²) in [6.45, 7) is 3.72. The lowest BCUT2D eigenvalue weighted by molar-refractivity contribution is -0.0996. The summed E-state index contributed by atoms with van der Waals surface area (Å²) in [5.74, 6) is -1.15. The van der Waals surface area contributed by atoms with Gasteiger partial charge in [-0.2, -0.15) is 0 Å². The molecule has 0 saturated carbocycles. The van der Waals surface area contributed by atoms with E-state index in [-0.39, 0.29) is 0 Å². The van der Waals surface area contributed by atoms with Crippen LogP contribution in [-0.4, -0.2) is 55.1 Å². The highest BCUT2D eigenvalue weighted by molar-refractivity contribution is 5.56. The van der Waals surface area contributed by atoms with Gasteiger partial charge in [0.25, 0.3) is 0 Å². The molecule has 150 valence electrons. The Kier molecular flexibility index (Phi) is 7.37. The molecule has 6 N–H and O–H groups in total. The molecule has 0 bridgehead atoms. The minimum atomic E-state index is -1.93. The predicted octanol–water partition coefficient (Wildman–Crippen LogP) is 2.25. The van der Waals surface area contributed by atoms with Crippen molar-refractivity contribution >= 4 is 12.2 Å². The van der Waals surface area contributed by atoms with Gasteiger partial charge >= 0.3 is 0 Å². The van der Waals surface area contributed by atoms with Crippen molar-refractivity contribution in [3.63, 3.8) is 0 Å². The number of benzene rings is 2. The first kappa shape index (κ1) is 21.7.